The SMILES string of the molecule is NC(=S)c1cc(N2C(=O)c3cccnc3C2=O)ccc1F. The molecule has 0 aliphatic carbocycles. The summed E-state index contributed by atoms with van der Waals surface area (Å²) in [6.45, 7) is 0. The number of nitrogens with zero attached hydrogens (tertiary/aromatic N) is 2. The Morgan fingerprint density at radius 2 is 2.00 bits per heavy atom. The van der Waals surface area contributed by atoms with Gasteiger partial charge in [-0.3, -0.25) is 14.6 Å². The van der Waals surface area contributed by atoms with E-state index in [1.807, 2.05) is 0 Å². The van der Waals surface area contributed by atoms with E-state index in [2.05, 4.69) is 4.98 Å². The number of aromatic nitrogens is 1. The van der Waals surface area contributed by atoms with Crippen molar-refractivity contribution in [1.29, 1.82) is 0 Å². The Balaban J connectivity index is 2.11. The summed E-state index contributed by atoms with van der Waals surface area (Å²) in [7, 11) is 0. The van der Waals surface area contributed by atoms with E-state index < -0.39 is 17.6 Å². The van der Waals surface area contributed by atoms with E-state index in [0.29, 0.717) is 0 Å². The lowest BCUT2D eigenvalue weighted by atomic mass is 10.1. The quantitative estimate of drug-likeness (QED) is 0.674. The molecule has 3 rings (SSSR count). The molecule has 104 valence electrons. The molecule has 2 heterocycles. The maximum atomic E-state index is 13.6. The fourth-order valence-corrected chi connectivity index (χ4v) is 2.30. The van der Waals surface area contributed by atoms with Crippen LogP contribution in [0.25, 0.3) is 0 Å². The van der Waals surface area contributed by atoms with Crippen LogP contribution in [0.5, 0.6) is 0 Å². The fourth-order valence-electron chi connectivity index (χ4n) is 2.14. The Morgan fingerprint density at radius 3 is 2.67 bits per heavy atom. The molecule has 1 aromatic heterocycles. The third-order valence-corrected chi connectivity index (χ3v) is 3.34. The van der Waals surface area contributed by atoms with E-state index in [0.717, 1.165) is 11.0 Å². The van der Waals surface area contributed by atoms with Gasteiger partial charge in [0.25, 0.3) is 11.8 Å². The summed E-state index contributed by atoms with van der Waals surface area (Å²) in [5, 5.41) is 0. The lowest BCUT2D eigenvalue weighted by Crippen LogP contribution is -2.30. The number of hydrogen-bond donors (Lipinski definition) is 1. The van der Waals surface area contributed by atoms with Gasteiger partial charge < -0.3 is 5.73 Å². The van der Waals surface area contributed by atoms with Crippen LogP contribution in [0.3, 0.4) is 0 Å². The van der Waals surface area contributed by atoms with E-state index in [1.54, 1.807) is 6.07 Å². The Labute approximate surface area is 124 Å². The number of hydrogen-bond acceptors (Lipinski definition) is 4. The minimum atomic E-state index is -0.610. The van der Waals surface area contributed by atoms with Gasteiger partial charge in [0.15, 0.2) is 0 Å². The van der Waals surface area contributed by atoms with Crippen LogP contribution in [-0.4, -0.2) is 21.8 Å². The number of pyridine rings is 1. The number of imide groups is 1. The second kappa shape index (κ2) is 4.71. The molecule has 2 N–H and O–H groups in total. The van der Waals surface area contributed by atoms with Gasteiger partial charge in [-0.15, -0.1) is 0 Å². The van der Waals surface area contributed by atoms with Crippen LogP contribution >= 0.6 is 12.2 Å². The number of thiocarbonyl (C=S) groups is 1. The van der Waals surface area contributed by atoms with Crippen molar-refractivity contribution in [2.24, 2.45) is 5.73 Å². The van der Waals surface area contributed by atoms with Gasteiger partial charge in [-0.2, -0.15) is 0 Å². The second-order valence-corrected chi connectivity index (χ2v) is 4.81. The van der Waals surface area contributed by atoms with Gasteiger partial charge in [-0.05, 0) is 30.3 Å². The molecule has 1 aromatic carbocycles. The monoisotopic (exact) mass is 301 g/mol. The maximum absolute atomic E-state index is 13.6. The molecule has 0 saturated heterocycles. The fraction of sp³-hybridized carbons (Fsp3) is 0. The molecular weight excluding hydrogens is 293 g/mol. The molecule has 2 aromatic rings. The zero-order chi connectivity index (χ0) is 15.1. The van der Waals surface area contributed by atoms with Gasteiger partial charge >= 0.3 is 0 Å². The summed E-state index contributed by atoms with van der Waals surface area (Å²) in [4.78, 5) is 29.2. The number of rotatable bonds is 2. The summed E-state index contributed by atoms with van der Waals surface area (Å²) < 4.78 is 13.6. The van der Waals surface area contributed by atoms with Crippen LogP contribution in [0.1, 0.15) is 26.4 Å². The van der Waals surface area contributed by atoms with Gasteiger partial charge in [0, 0.05) is 11.8 Å². The van der Waals surface area contributed by atoms with Crippen LogP contribution in [0.4, 0.5) is 10.1 Å². The Kier molecular flexibility index (Phi) is 2.99. The predicted octanol–water partition coefficient (Wildman–Crippen LogP) is 1.66. The molecule has 21 heavy (non-hydrogen) atoms. The molecule has 0 fully saturated rings. The zero-order valence-electron chi connectivity index (χ0n) is 10.5. The summed E-state index contributed by atoms with van der Waals surface area (Å²) in [6.07, 6.45) is 1.43. The van der Waals surface area contributed by atoms with Gasteiger partial charge in [0.1, 0.15) is 16.5 Å². The minimum absolute atomic E-state index is 0.0213. The molecule has 5 nitrogen and oxygen atoms in total. The Hall–Kier alpha value is -2.67. The molecule has 0 bridgehead atoms. The van der Waals surface area contributed by atoms with Gasteiger partial charge in [0.05, 0.1) is 11.3 Å². The molecule has 1 aliphatic rings. The number of benzene rings is 1. The molecule has 0 saturated carbocycles. The van der Waals surface area contributed by atoms with Crippen LogP contribution in [0, 0.1) is 5.82 Å². The van der Waals surface area contributed by atoms with Crippen molar-refractivity contribution >= 4 is 34.7 Å². The first kappa shape index (κ1) is 13.3. The standard InChI is InChI=1S/C14H8FN3O2S/c15-10-4-3-7(6-9(10)12(16)21)18-13(19)8-2-1-5-17-11(8)14(18)20/h1-6H,(H2,16,21). The number of carbonyl (C=O) groups is 2. The van der Waals surface area contributed by atoms with E-state index >= 15 is 0 Å². The van der Waals surface area contributed by atoms with E-state index in [9.17, 15) is 14.0 Å². The summed E-state index contributed by atoms with van der Waals surface area (Å²) >= 11 is 4.75. The van der Waals surface area contributed by atoms with Crippen molar-refractivity contribution in [3.05, 3.63) is 59.2 Å². The average molecular weight is 301 g/mol. The minimum Gasteiger partial charge on any atom is -0.389 e. The number of carbonyl (C=O) groups excluding carboxylic acids is 2. The first-order chi connectivity index (χ1) is 10.0. The van der Waals surface area contributed by atoms with Crippen molar-refractivity contribution in [2.45, 2.75) is 0 Å². The lowest BCUT2D eigenvalue weighted by molar-refractivity contribution is 0.0924. The summed E-state index contributed by atoms with van der Waals surface area (Å²) in [6, 6.07) is 6.79. The van der Waals surface area contributed by atoms with E-state index in [4.69, 9.17) is 18.0 Å². The van der Waals surface area contributed by atoms with Crippen molar-refractivity contribution in [2.75, 3.05) is 4.90 Å². The molecule has 0 atom stereocenters. The molecule has 0 radical (unpaired) electrons. The van der Waals surface area contributed by atoms with Gasteiger partial charge in [-0.25, -0.2) is 9.29 Å². The second-order valence-electron chi connectivity index (χ2n) is 4.37. The van der Waals surface area contributed by atoms with Crippen molar-refractivity contribution < 1.29 is 14.0 Å². The van der Waals surface area contributed by atoms with Crippen molar-refractivity contribution in [3.8, 4) is 0 Å². The first-order valence-electron chi connectivity index (χ1n) is 5.94. The molecule has 2 amide bonds. The molecule has 7 heteroatoms. The number of anilines is 1. The number of amides is 2. The normalized spacial score (nSPS) is 13.5. The average Bonchev–Trinajstić information content (AvgIpc) is 2.72. The topological polar surface area (TPSA) is 76.3 Å². The maximum Gasteiger partial charge on any atom is 0.284 e. The highest BCUT2D eigenvalue weighted by Gasteiger charge is 2.37. The number of halogens is 1. The Bertz CT molecular complexity index is 772. The van der Waals surface area contributed by atoms with Crippen molar-refractivity contribution in [1.82, 2.24) is 4.98 Å². The highest BCUT2D eigenvalue weighted by Crippen LogP contribution is 2.28. The lowest BCUT2D eigenvalue weighted by Gasteiger charge is -2.14. The van der Waals surface area contributed by atoms with Crippen LogP contribution < -0.4 is 10.6 Å². The van der Waals surface area contributed by atoms with E-state index in [-0.39, 0.29) is 27.5 Å². The molecule has 1 aliphatic heterocycles. The van der Waals surface area contributed by atoms with Crippen LogP contribution in [0.15, 0.2) is 36.5 Å². The third-order valence-electron chi connectivity index (χ3n) is 3.12. The largest absolute Gasteiger partial charge is 0.389 e. The highest BCUT2D eigenvalue weighted by atomic mass is 32.1. The first-order valence-corrected chi connectivity index (χ1v) is 6.34. The highest BCUT2D eigenvalue weighted by molar-refractivity contribution is 7.80. The van der Waals surface area contributed by atoms with Crippen molar-refractivity contribution in [3.63, 3.8) is 0 Å². The molecular formula is C14H8FN3O2S. The van der Waals surface area contributed by atoms with E-state index in [1.165, 1.54) is 24.4 Å². The summed E-state index contributed by atoms with van der Waals surface area (Å²) in [5.41, 5.74) is 5.89. The predicted molar refractivity (Wildman–Crippen MR) is 77.7 cm³/mol. The number of fused-ring (bicyclic) bond motifs is 1. The van der Waals surface area contributed by atoms with Crippen LogP contribution in [-0.2, 0) is 0 Å². The third kappa shape index (κ3) is 1.98. The van der Waals surface area contributed by atoms with Gasteiger partial charge in [-0.1, -0.05) is 12.2 Å². The smallest absolute Gasteiger partial charge is 0.284 e. The molecule has 0 unspecified atom stereocenters. The van der Waals surface area contributed by atoms with Crippen LogP contribution in [0.2, 0.25) is 0 Å². The Morgan fingerprint density at radius 1 is 1.24 bits per heavy atom. The molecule has 0 spiro atoms. The number of nitrogens with two attached hydrogens (primary N) is 1. The zero-order valence-corrected chi connectivity index (χ0v) is 11.4. The summed E-state index contributed by atoms with van der Waals surface area (Å²) in [5.74, 6) is -1.68. The van der Waals surface area contributed by atoms with Gasteiger partial charge in [0.2, 0.25) is 0 Å².